The van der Waals surface area contributed by atoms with Gasteiger partial charge in [0.1, 0.15) is 5.82 Å². The van der Waals surface area contributed by atoms with E-state index in [4.69, 9.17) is 0 Å². The van der Waals surface area contributed by atoms with E-state index in [1.54, 1.807) is 6.07 Å². The lowest BCUT2D eigenvalue weighted by Crippen LogP contribution is -2.35. The molecule has 2 aromatic heterocycles. The van der Waals surface area contributed by atoms with Crippen molar-refractivity contribution in [3.05, 3.63) is 40.9 Å². The summed E-state index contributed by atoms with van der Waals surface area (Å²) in [6.45, 7) is 4.41. The van der Waals surface area contributed by atoms with Crippen LogP contribution in [-0.4, -0.2) is 33.9 Å². The number of hydrogen-bond acceptors (Lipinski definition) is 5. The van der Waals surface area contributed by atoms with Gasteiger partial charge < -0.3 is 5.32 Å². The molecule has 0 radical (unpaired) electrons. The summed E-state index contributed by atoms with van der Waals surface area (Å²) < 4.78 is 12.9. The third kappa shape index (κ3) is 4.82. The van der Waals surface area contributed by atoms with Gasteiger partial charge in [0.25, 0.3) is 0 Å². The molecule has 24 heavy (non-hydrogen) atoms. The van der Waals surface area contributed by atoms with E-state index < -0.39 is 0 Å². The molecule has 1 saturated heterocycles. The number of nitrogens with zero attached hydrogens (tertiary/aromatic N) is 3. The van der Waals surface area contributed by atoms with Crippen LogP contribution in [0.1, 0.15) is 30.3 Å². The van der Waals surface area contributed by atoms with Crippen molar-refractivity contribution in [1.29, 1.82) is 0 Å². The molecule has 0 spiro atoms. The number of nitrogens with one attached hydrogen (secondary N) is 1. The highest BCUT2D eigenvalue weighted by molar-refractivity contribution is 7.15. The third-order valence-corrected chi connectivity index (χ3v) is 5.00. The van der Waals surface area contributed by atoms with Crippen LogP contribution in [-0.2, 0) is 17.8 Å². The number of hydrogen-bond donors (Lipinski definition) is 1. The molecule has 1 amide bonds. The average Bonchev–Trinajstić information content (AvgIpc) is 2.96. The van der Waals surface area contributed by atoms with Crippen molar-refractivity contribution in [2.75, 3.05) is 18.4 Å². The number of carbonyl (C=O) groups is 1. The molecule has 1 atom stereocenters. The van der Waals surface area contributed by atoms with Crippen LogP contribution >= 0.6 is 11.3 Å². The van der Waals surface area contributed by atoms with Crippen molar-refractivity contribution < 1.29 is 9.18 Å². The largest absolute Gasteiger partial charge is 0.302 e. The van der Waals surface area contributed by atoms with E-state index in [2.05, 4.69) is 20.2 Å². The van der Waals surface area contributed by atoms with Gasteiger partial charge in [-0.2, -0.15) is 0 Å². The molecule has 1 aliphatic heterocycles. The maximum atomic E-state index is 12.9. The Morgan fingerprint density at radius 1 is 1.42 bits per heavy atom. The van der Waals surface area contributed by atoms with Crippen molar-refractivity contribution in [2.45, 2.75) is 32.7 Å². The number of carbonyl (C=O) groups excluding carboxylic acids is 1. The monoisotopic (exact) mass is 348 g/mol. The molecular weight excluding hydrogens is 327 g/mol. The molecule has 0 aliphatic carbocycles. The van der Waals surface area contributed by atoms with Crippen molar-refractivity contribution in [3.8, 4) is 0 Å². The summed E-state index contributed by atoms with van der Waals surface area (Å²) in [6, 6.07) is 3.25. The SMILES string of the molecule is CC(=O)Nc1ncc(CN2CCCC(Cc3ccc(F)cn3)C2)s1. The van der Waals surface area contributed by atoms with Crippen molar-refractivity contribution >= 4 is 22.4 Å². The van der Waals surface area contributed by atoms with Crippen LogP contribution < -0.4 is 5.32 Å². The molecule has 3 rings (SSSR count). The first kappa shape index (κ1) is 17.0. The number of thiazole rings is 1. The number of likely N-dealkylation sites (tertiary alicyclic amines) is 1. The van der Waals surface area contributed by atoms with Crippen LogP contribution in [0.4, 0.5) is 9.52 Å². The van der Waals surface area contributed by atoms with E-state index >= 15 is 0 Å². The molecule has 7 heteroatoms. The summed E-state index contributed by atoms with van der Waals surface area (Å²) in [4.78, 5) is 23.0. The summed E-state index contributed by atoms with van der Waals surface area (Å²) in [7, 11) is 0. The Hall–Kier alpha value is -1.86. The van der Waals surface area contributed by atoms with Gasteiger partial charge in [0.2, 0.25) is 5.91 Å². The Balaban J connectivity index is 1.54. The van der Waals surface area contributed by atoms with Crippen molar-refractivity contribution in [1.82, 2.24) is 14.9 Å². The zero-order chi connectivity index (χ0) is 16.9. The number of halogens is 1. The molecule has 1 N–H and O–H groups in total. The van der Waals surface area contributed by atoms with Gasteiger partial charge in [-0.1, -0.05) is 0 Å². The number of pyridine rings is 1. The molecule has 1 aliphatic rings. The lowest BCUT2D eigenvalue weighted by atomic mass is 9.93. The lowest BCUT2D eigenvalue weighted by molar-refractivity contribution is -0.114. The van der Waals surface area contributed by atoms with Crippen molar-refractivity contribution in [2.24, 2.45) is 5.92 Å². The number of anilines is 1. The predicted molar refractivity (Wildman–Crippen MR) is 92.3 cm³/mol. The van der Waals surface area contributed by atoms with Gasteiger partial charge in [0.15, 0.2) is 5.13 Å². The van der Waals surface area contributed by atoms with Crippen LogP contribution in [0.15, 0.2) is 24.5 Å². The Morgan fingerprint density at radius 3 is 3.04 bits per heavy atom. The van der Waals surface area contributed by atoms with E-state index in [1.165, 1.54) is 36.9 Å². The summed E-state index contributed by atoms with van der Waals surface area (Å²) in [6.07, 6.45) is 6.34. The molecular formula is C17H21FN4OS. The van der Waals surface area contributed by atoms with Crippen LogP contribution in [0.25, 0.3) is 0 Å². The van der Waals surface area contributed by atoms with Crippen LogP contribution in [0, 0.1) is 11.7 Å². The van der Waals surface area contributed by atoms with Gasteiger partial charge in [0, 0.05) is 36.8 Å². The predicted octanol–water partition coefficient (Wildman–Crippen LogP) is 3.09. The van der Waals surface area contributed by atoms with Gasteiger partial charge in [-0.15, -0.1) is 11.3 Å². The molecule has 2 aromatic rings. The molecule has 128 valence electrons. The molecule has 0 aromatic carbocycles. The highest BCUT2D eigenvalue weighted by Gasteiger charge is 2.21. The van der Waals surface area contributed by atoms with Crippen LogP contribution in [0.5, 0.6) is 0 Å². The molecule has 3 heterocycles. The van der Waals surface area contributed by atoms with Crippen molar-refractivity contribution in [3.63, 3.8) is 0 Å². The minimum atomic E-state index is -0.288. The molecule has 1 fully saturated rings. The smallest absolute Gasteiger partial charge is 0.223 e. The second-order valence-corrected chi connectivity index (χ2v) is 7.34. The summed E-state index contributed by atoms with van der Waals surface area (Å²) in [5, 5.41) is 3.37. The number of aromatic nitrogens is 2. The standard InChI is InChI=1S/C17H21FN4OS/c1-12(23)21-17-20-9-16(24-17)11-22-6-2-3-13(10-22)7-15-5-4-14(18)8-19-15/h4-5,8-9,13H,2-3,6-7,10-11H2,1H3,(H,20,21,23). The number of piperidine rings is 1. The van der Waals surface area contributed by atoms with E-state index in [0.717, 1.165) is 43.0 Å². The average molecular weight is 348 g/mol. The first-order chi connectivity index (χ1) is 11.6. The van der Waals surface area contributed by atoms with Gasteiger partial charge in [-0.3, -0.25) is 14.7 Å². The highest BCUT2D eigenvalue weighted by atomic mass is 32.1. The summed E-state index contributed by atoms with van der Waals surface area (Å²) in [5.41, 5.74) is 0.953. The Kier molecular flexibility index (Phi) is 5.52. The van der Waals surface area contributed by atoms with Crippen LogP contribution in [0.2, 0.25) is 0 Å². The minimum absolute atomic E-state index is 0.0965. The molecule has 0 saturated carbocycles. The minimum Gasteiger partial charge on any atom is -0.302 e. The second-order valence-electron chi connectivity index (χ2n) is 6.23. The Bertz CT molecular complexity index is 688. The Morgan fingerprint density at radius 2 is 2.29 bits per heavy atom. The zero-order valence-corrected chi connectivity index (χ0v) is 14.5. The molecule has 0 bridgehead atoms. The fourth-order valence-electron chi connectivity index (χ4n) is 3.09. The summed E-state index contributed by atoms with van der Waals surface area (Å²) >= 11 is 1.52. The molecule has 5 nitrogen and oxygen atoms in total. The van der Waals surface area contributed by atoms with E-state index in [9.17, 15) is 9.18 Å². The topological polar surface area (TPSA) is 58.1 Å². The first-order valence-electron chi connectivity index (χ1n) is 8.13. The molecule has 1 unspecified atom stereocenters. The first-order valence-corrected chi connectivity index (χ1v) is 8.95. The quantitative estimate of drug-likeness (QED) is 0.902. The third-order valence-electron chi connectivity index (χ3n) is 4.11. The maximum Gasteiger partial charge on any atom is 0.223 e. The Labute approximate surface area is 144 Å². The maximum absolute atomic E-state index is 12.9. The van der Waals surface area contributed by atoms with E-state index in [1.807, 2.05) is 6.20 Å². The normalized spacial score (nSPS) is 18.5. The van der Waals surface area contributed by atoms with E-state index in [0.29, 0.717) is 11.0 Å². The van der Waals surface area contributed by atoms with Gasteiger partial charge >= 0.3 is 0 Å². The van der Waals surface area contributed by atoms with Crippen LogP contribution in [0.3, 0.4) is 0 Å². The fraction of sp³-hybridized carbons (Fsp3) is 0.471. The van der Waals surface area contributed by atoms with Gasteiger partial charge in [-0.25, -0.2) is 9.37 Å². The lowest BCUT2D eigenvalue weighted by Gasteiger charge is -2.32. The zero-order valence-electron chi connectivity index (χ0n) is 13.7. The van der Waals surface area contributed by atoms with E-state index in [-0.39, 0.29) is 11.7 Å². The number of amides is 1. The fourth-order valence-corrected chi connectivity index (χ4v) is 3.99. The second kappa shape index (κ2) is 7.81. The van der Waals surface area contributed by atoms with Gasteiger partial charge in [-0.05, 0) is 43.9 Å². The summed E-state index contributed by atoms with van der Waals surface area (Å²) in [5.74, 6) is 0.157. The number of rotatable bonds is 5. The van der Waals surface area contributed by atoms with Gasteiger partial charge in [0.05, 0.1) is 6.20 Å². The highest BCUT2D eigenvalue weighted by Crippen LogP contribution is 2.24.